The predicted molar refractivity (Wildman–Crippen MR) is 120 cm³/mol. The van der Waals surface area contributed by atoms with E-state index < -0.39 is 0 Å². The minimum Gasteiger partial charge on any atom is -0.493 e. The zero-order chi connectivity index (χ0) is 21.2. The number of carbonyl (C=O) groups is 2. The molecule has 0 aliphatic heterocycles. The Kier molecular flexibility index (Phi) is 9.04. The van der Waals surface area contributed by atoms with E-state index in [1.807, 2.05) is 6.92 Å². The van der Waals surface area contributed by atoms with E-state index in [1.165, 1.54) is 0 Å². The summed E-state index contributed by atoms with van der Waals surface area (Å²) >= 11 is 8.61. The Balaban J connectivity index is 2.03. The number of nitrogens with one attached hydrogen (secondary N) is 3. The maximum atomic E-state index is 12.5. The van der Waals surface area contributed by atoms with Gasteiger partial charge in [-0.25, -0.2) is 0 Å². The summed E-state index contributed by atoms with van der Waals surface area (Å²) < 4.78 is 11.0. The fourth-order valence-electron chi connectivity index (χ4n) is 2.40. The molecule has 0 spiro atoms. The summed E-state index contributed by atoms with van der Waals surface area (Å²) in [6.07, 6.45) is 0. The van der Waals surface area contributed by atoms with Crippen molar-refractivity contribution < 1.29 is 19.1 Å². The molecule has 7 nitrogen and oxygen atoms in total. The van der Waals surface area contributed by atoms with Crippen molar-refractivity contribution in [3.05, 3.63) is 58.1 Å². The number of rotatable bonds is 8. The molecule has 9 heteroatoms. The Morgan fingerprint density at radius 2 is 1.90 bits per heavy atom. The third kappa shape index (κ3) is 6.81. The molecule has 0 heterocycles. The minimum absolute atomic E-state index is 0.0807. The molecule has 2 amide bonds. The van der Waals surface area contributed by atoms with Crippen LogP contribution < -0.4 is 20.7 Å². The first kappa shape index (κ1) is 22.8. The molecular weight excluding hydrogens is 458 g/mol. The number of thiocarbonyl (C=S) groups is 1. The normalized spacial score (nSPS) is 10.2. The second-order valence-corrected chi connectivity index (χ2v) is 7.04. The lowest BCUT2D eigenvalue weighted by molar-refractivity contribution is 0.0936. The molecule has 2 aromatic rings. The number of para-hydroxylation sites is 1. The average Bonchev–Trinajstić information content (AvgIpc) is 2.70. The van der Waals surface area contributed by atoms with Crippen molar-refractivity contribution in [1.29, 1.82) is 0 Å². The molecule has 0 radical (unpaired) electrons. The van der Waals surface area contributed by atoms with Gasteiger partial charge in [-0.05, 0) is 65.4 Å². The Bertz CT molecular complexity index is 892. The first-order valence-corrected chi connectivity index (χ1v) is 10.1. The number of halogens is 1. The third-order valence-electron chi connectivity index (χ3n) is 3.73. The van der Waals surface area contributed by atoms with Crippen LogP contribution in [0.2, 0.25) is 0 Å². The summed E-state index contributed by atoms with van der Waals surface area (Å²) in [4.78, 5) is 24.8. The fraction of sp³-hybridized carbons (Fsp3) is 0.250. The second kappa shape index (κ2) is 11.5. The highest BCUT2D eigenvalue weighted by Crippen LogP contribution is 2.26. The van der Waals surface area contributed by atoms with Crippen LogP contribution >= 0.6 is 28.1 Å². The van der Waals surface area contributed by atoms with Crippen LogP contribution in [0.3, 0.4) is 0 Å². The molecular formula is C20H22BrN3O4S. The van der Waals surface area contributed by atoms with Crippen molar-refractivity contribution in [3.63, 3.8) is 0 Å². The van der Waals surface area contributed by atoms with Gasteiger partial charge < -0.3 is 20.1 Å². The van der Waals surface area contributed by atoms with E-state index >= 15 is 0 Å². The first-order valence-electron chi connectivity index (χ1n) is 8.87. The molecule has 0 fully saturated rings. The molecule has 0 atom stereocenters. The molecule has 3 N–H and O–H groups in total. The van der Waals surface area contributed by atoms with Gasteiger partial charge in [0.15, 0.2) is 5.11 Å². The smallest absolute Gasteiger partial charge is 0.257 e. The third-order valence-corrected chi connectivity index (χ3v) is 4.56. The van der Waals surface area contributed by atoms with Gasteiger partial charge in [-0.2, -0.15) is 0 Å². The molecule has 0 unspecified atom stereocenters. The highest BCUT2D eigenvalue weighted by atomic mass is 79.9. The number of amides is 2. The molecule has 29 heavy (non-hydrogen) atoms. The van der Waals surface area contributed by atoms with Gasteiger partial charge >= 0.3 is 0 Å². The van der Waals surface area contributed by atoms with Crippen molar-refractivity contribution in [1.82, 2.24) is 10.6 Å². The zero-order valence-electron chi connectivity index (χ0n) is 16.1. The monoisotopic (exact) mass is 479 g/mol. The molecule has 0 aromatic heterocycles. The molecule has 2 aromatic carbocycles. The van der Waals surface area contributed by atoms with E-state index in [0.29, 0.717) is 46.8 Å². The number of hydrogen-bond acceptors (Lipinski definition) is 5. The van der Waals surface area contributed by atoms with Crippen LogP contribution in [-0.2, 0) is 4.74 Å². The fourth-order valence-corrected chi connectivity index (χ4v) is 3.09. The lowest BCUT2D eigenvalue weighted by Gasteiger charge is -2.14. The Labute approximate surface area is 183 Å². The van der Waals surface area contributed by atoms with Crippen molar-refractivity contribution in [3.8, 4) is 5.75 Å². The highest BCUT2D eigenvalue weighted by Gasteiger charge is 2.14. The van der Waals surface area contributed by atoms with Gasteiger partial charge in [0, 0.05) is 19.2 Å². The standard InChI is InChI=1S/C20H22BrN3O4S/c1-3-28-17-9-8-13(12-15(17)21)18(25)24-20(29)23-16-7-5-4-6-14(16)19(26)22-10-11-27-2/h4-9,12H,3,10-11H2,1-2H3,(H,22,26)(H2,23,24,25,29). The van der Waals surface area contributed by atoms with Crippen LogP contribution in [0.25, 0.3) is 0 Å². The van der Waals surface area contributed by atoms with Crippen LogP contribution in [0, 0.1) is 0 Å². The summed E-state index contributed by atoms with van der Waals surface area (Å²) in [6, 6.07) is 11.9. The Hall–Kier alpha value is -2.49. The van der Waals surface area contributed by atoms with Crippen LogP contribution in [-0.4, -0.2) is 43.8 Å². The van der Waals surface area contributed by atoms with Gasteiger partial charge in [0.05, 0.1) is 28.9 Å². The van der Waals surface area contributed by atoms with E-state index in [1.54, 1.807) is 49.6 Å². The minimum atomic E-state index is -0.381. The topological polar surface area (TPSA) is 88.7 Å². The molecule has 2 rings (SSSR count). The summed E-state index contributed by atoms with van der Waals surface area (Å²) in [5.41, 5.74) is 1.31. The Morgan fingerprint density at radius 1 is 1.14 bits per heavy atom. The van der Waals surface area contributed by atoms with Gasteiger partial charge in [-0.1, -0.05) is 12.1 Å². The Morgan fingerprint density at radius 3 is 2.59 bits per heavy atom. The quantitative estimate of drug-likeness (QED) is 0.397. The highest BCUT2D eigenvalue weighted by molar-refractivity contribution is 9.10. The van der Waals surface area contributed by atoms with Crippen LogP contribution in [0.1, 0.15) is 27.6 Å². The maximum Gasteiger partial charge on any atom is 0.257 e. The van der Waals surface area contributed by atoms with Crippen molar-refractivity contribution in [2.75, 3.05) is 32.2 Å². The van der Waals surface area contributed by atoms with E-state index in [-0.39, 0.29) is 16.9 Å². The van der Waals surface area contributed by atoms with Gasteiger partial charge in [0.25, 0.3) is 11.8 Å². The van der Waals surface area contributed by atoms with Gasteiger partial charge in [0.2, 0.25) is 0 Å². The summed E-state index contributed by atoms with van der Waals surface area (Å²) in [6.45, 7) is 3.20. The number of ether oxygens (including phenoxy) is 2. The molecule has 0 saturated carbocycles. The van der Waals surface area contributed by atoms with Crippen molar-refractivity contribution >= 4 is 50.8 Å². The lowest BCUT2D eigenvalue weighted by Crippen LogP contribution is -2.35. The molecule has 0 saturated heterocycles. The van der Waals surface area contributed by atoms with Crippen LogP contribution in [0.5, 0.6) is 5.75 Å². The van der Waals surface area contributed by atoms with E-state index in [9.17, 15) is 9.59 Å². The molecule has 154 valence electrons. The van der Waals surface area contributed by atoms with Crippen molar-refractivity contribution in [2.45, 2.75) is 6.92 Å². The second-order valence-electron chi connectivity index (χ2n) is 5.78. The summed E-state index contributed by atoms with van der Waals surface area (Å²) in [5.74, 6) is 0.00107. The largest absolute Gasteiger partial charge is 0.493 e. The lowest BCUT2D eigenvalue weighted by atomic mass is 10.1. The average molecular weight is 480 g/mol. The number of methoxy groups -OCH3 is 1. The van der Waals surface area contributed by atoms with Crippen LogP contribution in [0.4, 0.5) is 5.69 Å². The number of anilines is 1. The van der Waals surface area contributed by atoms with E-state index in [2.05, 4.69) is 31.9 Å². The van der Waals surface area contributed by atoms with Gasteiger partial charge in [-0.3, -0.25) is 14.9 Å². The van der Waals surface area contributed by atoms with Crippen LogP contribution in [0.15, 0.2) is 46.9 Å². The summed E-state index contributed by atoms with van der Waals surface area (Å²) in [7, 11) is 1.56. The first-order chi connectivity index (χ1) is 14.0. The van der Waals surface area contributed by atoms with Gasteiger partial charge in [-0.15, -0.1) is 0 Å². The summed E-state index contributed by atoms with van der Waals surface area (Å²) in [5, 5.41) is 8.34. The number of benzene rings is 2. The maximum absolute atomic E-state index is 12.5. The van der Waals surface area contributed by atoms with Crippen molar-refractivity contribution in [2.24, 2.45) is 0 Å². The number of hydrogen-bond donors (Lipinski definition) is 3. The number of carbonyl (C=O) groups excluding carboxylic acids is 2. The molecule has 0 aliphatic carbocycles. The zero-order valence-corrected chi connectivity index (χ0v) is 18.5. The SMILES string of the molecule is CCOc1ccc(C(=O)NC(=S)Nc2ccccc2C(=O)NCCOC)cc1Br. The molecule has 0 aliphatic rings. The van der Waals surface area contributed by atoms with Gasteiger partial charge in [0.1, 0.15) is 5.75 Å². The molecule has 0 bridgehead atoms. The predicted octanol–water partition coefficient (Wildman–Crippen LogP) is 3.35. The van der Waals surface area contributed by atoms with E-state index in [0.717, 1.165) is 0 Å². The van der Waals surface area contributed by atoms with E-state index in [4.69, 9.17) is 21.7 Å².